The van der Waals surface area contributed by atoms with E-state index in [1.165, 1.54) is 11.3 Å². The van der Waals surface area contributed by atoms with Crippen LogP contribution >= 0.6 is 0 Å². The minimum atomic E-state index is 0.710. The van der Waals surface area contributed by atoms with Crippen molar-refractivity contribution in [2.75, 3.05) is 19.6 Å². The Morgan fingerprint density at radius 2 is 2.36 bits per heavy atom. The van der Waals surface area contributed by atoms with Crippen LogP contribution in [0.3, 0.4) is 0 Å². The molecule has 2 aliphatic rings. The van der Waals surface area contributed by atoms with Gasteiger partial charge in [0.25, 0.3) is 0 Å². The molecule has 0 radical (unpaired) electrons. The fourth-order valence-electron chi connectivity index (χ4n) is 2.00. The third kappa shape index (κ3) is 1.83. The molecule has 0 atom stereocenters. The van der Waals surface area contributed by atoms with Crippen molar-refractivity contribution in [3.63, 3.8) is 0 Å². The molecule has 2 N–H and O–H groups in total. The van der Waals surface area contributed by atoms with E-state index in [0.717, 1.165) is 32.4 Å². The van der Waals surface area contributed by atoms with E-state index in [2.05, 4.69) is 28.9 Å². The Bertz CT molecular complexity index is 328. The van der Waals surface area contributed by atoms with Gasteiger partial charge in [0.2, 0.25) is 0 Å². The number of nitrogens with zero attached hydrogens (tertiary/aromatic N) is 1. The van der Waals surface area contributed by atoms with Crippen molar-refractivity contribution in [2.24, 2.45) is 5.73 Å². The molecule has 0 spiro atoms. The van der Waals surface area contributed by atoms with E-state index >= 15 is 0 Å². The van der Waals surface area contributed by atoms with Gasteiger partial charge in [0.15, 0.2) is 0 Å². The van der Waals surface area contributed by atoms with Crippen molar-refractivity contribution >= 4 is 0 Å². The molecule has 0 bridgehead atoms. The van der Waals surface area contributed by atoms with Crippen molar-refractivity contribution < 1.29 is 0 Å². The van der Waals surface area contributed by atoms with Gasteiger partial charge in [0.05, 0.1) is 6.54 Å². The maximum Gasteiger partial charge on any atom is 0.0792 e. The first kappa shape index (κ1) is 9.36. The van der Waals surface area contributed by atoms with Gasteiger partial charge < -0.3 is 10.6 Å². The van der Waals surface area contributed by atoms with E-state index in [0.29, 0.717) is 6.54 Å². The SMILES string of the molecule is NCCN1CC#CCC2=C1CCC=C2. The molecule has 0 aromatic rings. The lowest BCUT2D eigenvalue weighted by atomic mass is 10.0. The summed E-state index contributed by atoms with van der Waals surface area (Å²) in [6, 6.07) is 0. The summed E-state index contributed by atoms with van der Waals surface area (Å²) < 4.78 is 0. The Morgan fingerprint density at radius 1 is 1.43 bits per heavy atom. The zero-order valence-electron chi connectivity index (χ0n) is 8.42. The van der Waals surface area contributed by atoms with Crippen LogP contribution in [0.5, 0.6) is 0 Å². The Morgan fingerprint density at radius 3 is 3.21 bits per heavy atom. The highest BCUT2D eigenvalue weighted by atomic mass is 15.1. The molecular formula is C12H16N2. The quantitative estimate of drug-likeness (QED) is 0.661. The van der Waals surface area contributed by atoms with Crippen LogP contribution in [0.25, 0.3) is 0 Å². The maximum absolute atomic E-state index is 5.60. The second kappa shape index (κ2) is 4.34. The normalized spacial score (nSPS) is 19.9. The van der Waals surface area contributed by atoms with E-state index in [4.69, 9.17) is 5.73 Å². The second-order valence-electron chi connectivity index (χ2n) is 3.65. The van der Waals surface area contributed by atoms with Gasteiger partial charge in [0.1, 0.15) is 0 Å². The topological polar surface area (TPSA) is 29.3 Å². The van der Waals surface area contributed by atoms with Crippen LogP contribution in [-0.2, 0) is 0 Å². The van der Waals surface area contributed by atoms with Crippen molar-refractivity contribution in [3.05, 3.63) is 23.4 Å². The van der Waals surface area contributed by atoms with Gasteiger partial charge in [-0.25, -0.2) is 0 Å². The van der Waals surface area contributed by atoms with Crippen LogP contribution < -0.4 is 5.73 Å². The highest BCUT2D eigenvalue weighted by molar-refractivity contribution is 5.35. The van der Waals surface area contributed by atoms with Crippen LogP contribution in [0.1, 0.15) is 19.3 Å². The Hall–Kier alpha value is -1.20. The summed E-state index contributed by atoms with van der Waals surface area (Å²) in [5, 5.41) is 0. The lowest BCUT2D eigenvalue weighted by molar-refractivity contribution is 0.377. The minimum Gasteiger partial charge on any atom is -0.362 e. The molecule has 74 valence electrons. The molecule has 1 aliphatic heterocycles. The smallest absolute Gasteiger partial charge is 0.0792 e. The lowest BCUT2D eigenvalue weighted by Gasteiger charge is -2.27. The standard InChI is InChI=1S/C12H16N2/c13-8-10-14-9-4-3-6-11-5-1-2-7-12(11)14/h1,5H,2,6-10,13H2. The van der Waals surface area contributed by atoms with Gasteiger partial charge in [-0.05, 0) is 18.4 Å². The highest BCUT2D eigenvalue weighted by Crippen LogP contribution is 2.25. The number of hydrogen-bond donors (Lipinski definition) is 1. The van der Waals surface area contributed by atoms with Gasteiger partial charge in [-0.1, -0.05) is 24.0 Å². The van der Waals surface area contributed by atoms with Gasteiger partial charge in [0, 0.05) is 25.2 Å². The minimum absolute atomic E-state index is 0.710. The number of nitrogens with two attached hydrogens (primary N) is 1. The molecule has 0 saturated carbocycles. The summed E-state index contributed by atoms with van der Waals surface area (Å²) in [6.07, 6.45) is 7.68. The predicted octanol–water partition coefficient (Wildman–Crippen LogP) is 1.26. The first-order valence-corrected chi connectivity index (χ1v) is 5.21. The van der Waals surface area contributed by atoms with Crippen LogP contribution in [0.4, 0.5) is 0 Å². The van der Waals surface area contributed by atoms with Crippen LogP contribution in [0.15, 0.2) is 23.4 Å². The average molecular weight is 188 g/mol. The summed E-state index contributed by atoms with van der Waals surface area (Å²) in [7, 11) is 0. The molecule has 0 fully saturated rings. The van der Waals surface area contributed by atoms with Gasteiger partial charge in [-0.15, -0.1) is 0 Å². The van der Waals surface area contributed by atoms with Crippen molar-refractivity contribution in [1.29, 1.82) is 0 Å². The van der Waals surface area contributed by atoms with E-state index in [9.17, 15) is 0 Å². The molecule has 0 unspecified atom stereocenters. The number of allylic oxidation sites excluding steroid dienone is 4. The van der Waals surface area contributed by atoms with E-state index in [1.54, 1.807) is 0 Å². The molecule has 0 saturated heterocycles. The largest absolute Gasteiger partial charge is 0.362 e. The predicted molar refractivity (Wildman–Crippen MR) is 58.4 cm³/mol. The first-order chi connectivity index (χ1) is 6.92. The van der Waals surface area contributed by atoms with Gasteiger partial charge in [-0.2, -0.15) is 0 Å². The molecule has 0 aromatic carbocycles. The molecule has 14 heavy (non-hydrogen) atoms. The van der Waals surface area contributed by atoms with Crippen molar-refractivity contribution in [3.8, 4) is 11.8 Å². The van der Waals surface area contributed by atoms with Gasteiger partial charge in [-0.3, -0.25) is 0 Å². The van der Waals surface area contributed by atoms with E-state index in [1.807, 2.05) is 0 Å². The Balaban J connectivity index is 2.24. The molecule has 2 rings (SSSR count). The first-order valence-electron chi connectivity index (χ1n) is 5.21. The molecule has 1 aliphatic carbocycles. The van der Waals surface area contributed by atoms with Crippen molar-refractivity contribution in [2.45, 2.75) is 19.3 Å². The van der Waals surface area contributed by atoms with Crippen LogP contribution in [-0.4, -0.2) is 24.5 Å². The van der Waals surface area contributed by atoms with E-state index < -0.39 is 0 Å². The molecule has 2 heteroatoms. The van der Waals surface area contributed by atoms with Gasteiger partial charge >= 0.3 is 0 Å². The molecule has 1 heterocycles. The summed E-state index contributed by atoms with van der Waals surface area (Å²) >= 11 is 0. The zero-order valence-corrected chi connectivity index (χ0v) is 8.42. The Kier molecular flexibility index (Phi) is 2.90. The summed E-state index contributed by atoms with van der Waals surface area (Å²) in [6.45, 7) is 2.49. The third-order valence-corrected chi connectivity index (χ3v) is 2.69. The highest BCUT2D eigenvalue weighted by Gasteiger charge is 2.15. The van der Waals surface area contributed by atoms with Crippen LogP contribution in [0.2, 0.25) is 0 Å². The fraction of sp³-hybridized carbons (Fsp3) is 0.500. The monoisotopic (exact) mass is 188 g/mol. The zero-order chi connectivity index (χ0) is 9.80. The molecule has 0 amide bonds. The lowest BCUT2D eigenvalue weighted by Crippen LogP contribution is -2.30. The maximum atomic E-state index is 5.60. The summed E-state index contributed by atoms with van der Waals surface area (Å²) in [5.41, 5.74) is 8.45. The number of hydrogen-bond acceptors (Lipinski definition) is 2. The number of rotatable bonds is 2. The van der Waals surface area contributed by atoms with Crippen LogP contribution in [0, 0.1) is 11.8 Å². The second-order valence-corrected chi connectivity index (χ2v) is 3.65. The fourth-order valence-corrected chi connectivity index (χ4v) is 2.00. The van der Waals surface area contributed by atoms with Crippen molar-refractivity contribution in [1.82, 2.24) is 4.90 Å². The molecular weight excluding hydrogens is 172 g/mol. The summed E-state index contributed by atoms with van der Waals surface area (Å²) in [5.74, 6) is 6.38. The molecule has 2 nitrogen and oxygen atoms in total. The summed E-state index contributed by atoms with van der Waals surface area (Å²) in [4.78, 5) is 2.33. The van der Waals surface area contributed by atoms with E-state index in [-0.39, 0.29) is 0 Å². The molecule has 0 aromatic heterocycles. The average Bonchev–Trinajstić information content (AvgIpc) is 2.42. The Labute approximate surface area is 85.5 Å². The third-order valence-electron chi connectivity index (χ3n) is 2.69.